The van der Waals surface area contributed by atoms with Gasteiger partial charge in [0.2, 0.25) is 15.9 Å². The third-order valence-electron chi connectivity index (χ3n) is 4.39. The number of hydrogen-bond acceptors (Lipinski definition) is 7. The molecule has 3 N–H and O–H groups in total. The minimum absolute atomic E-state index is 0.0369. The van der Waals surface area contributed by atoms with Crippen molar-refractivity contribution in [2.45, 2.75) is 31.4 Å². The van der Waals surface area contributed by atoms with E-state index in [1.54, 1.807) is 6.07 Å². The maximum absolute atomic E-state index is 12.6. The Morgan fingerprint density at radius 3 is 2.58 bits per heavy atom. The van der Waals surface area contributed by atoms with Crippen LogP contribution in [0.3, 0.4) is 0 Å². The van der Waals surface area contributed by atoms with Crippen LogP contribution in [0.1, 0.15) is 19.8 Å². The lowest BCUT2D eigenvalue weighted by atomic mass is 10.1. The van der Waals surface area contributed by atoms with Gasteiger partial charge in [0.25, 0.3) is 5.91 Å². The second kappa shape index (κ2) is 6.72. The van der Waals surface area contributed by atoms with E-state index in [9.17, 15) is 23.1 Å². The molecule has 26 heavy (non-hydrogen) atoms. The maximum Gasteiger partial charge on any atom is 0.322 e. The van der Waals surface area contributed by atoms with Crippen LogP contribution in [0, 0.1) is 0 Å². The molecule has 3 amide bonds. The van der Waals surface area contributed by atoms with Crippen molar-refractivity contribution < 1.29 is 27.9 Å². The molecule has 0 bridgehead atoms. The minimum atomic E-state index is -3.73. The Balaban J connectivity index is 1.57. The molecule has 3 heterocycles. The molecular weight excluding hydrogens is 364 g/mol. The highest BCUT2D eigenvalue weighted by atomic mass is 32.2. The second-order valence-corrected chi connectivity index (χ2v) is 8.54. The summed E-state index contributed by atoms with van der Waals surface area (Å²) in [5.74, 6) is -0.748. The monoisotopic (exact) mass is 384 g/mol. The summed E-state index contributed by atoms with van der Waals surface area (Å²) >= 11 is 0. The molecule has 2 saturated heterocycles. The fraction of sp³-hybridized carbons (Fsp3) is 0.533. The summed E-state index contributed by atoms with van der Waals surface area (Å²) in [7, 11) is -3.73. The number of ether oxygens (including phenoxy) is 1. The van der Waals surface area contributed by atoms with Gasteiger partial charge in [-0.2, -0.15) is 0 Å². The molecule has 2 fully saturated rings. The van der Waals surface area contributed by atoms with E-state index in [1.165, 1.54) is 23.5 Å². The van der Waals surface area contributed by atoms with Gasteiger partial charge in [-0.25, -0.2) is 22.5 Å². The van der Waals surface area contributed by atoms with Gasteiger partial charge in [0, 0.05) is 19.2 Å². The Kier molecular flexibility index (Phi) is 4.76. The molecular formula is C15H20N4O6S. The first-order valence-corrected chi connectivity index (χ1v) is 9.72. The number of rotatable bonds is 5. The number of imide groups is 1. The van der Waals surface area contributed by atoms with E-state index in [0.717, 1.165) is 0 Å². The highest BCUT2D eigenvalue weighted by Crippen LogP contribution is 2.22. The van der Waals surface area contributed by atoms with Gasteiger partial charge in [-0.05, 0) is 25.8 Å². The average molecular weight is 384 g/mol. The molecule has 10 nitrogen and oxygen atoms in total. The SMILES string of the molecule is C[C@]1(CS(=O)(=O)N2CCC(Oc3ccc(O)cn3)CC2)NC(=O)NC1=O. The highest BCUT2D eigenvalue weighted by molar-refractivity contribution is 7.89. The number of sulfonamides is 1. The lowest BCUT2D eigenvalue weighted by molar-refractivity contribution is -0.122. The van der Waals surface area contributed by atoms with Crippen LogP contribution < -0.4 is 15.4 Å². The minimum Gasteiger partial charge on any atom is -0.506 e. The van der Waals surface area contributed by atoms with Crippen LogP contribution in [0.5, 0.6) is 11.6 Å². The molecule has 11 heteroatoms. The third kappa shape index (κ3) is 3.88. The van der Waals surface area contributed by atoms with Crippen LogP contribution in [-0.2, 0) is 14.8 Å². The van der Waals surface area contributed by atoms with Crippen LogP contribution in [0.25, 0.3) is 0 Å². The third-order valence-corrected chi connectivity index (χ3v) is 6.49. The van der Waals surface area contributed by atoms with Crippen LogP contribution in [0.15, 0.2) is 18.3 Å². The Bertz CT molecular complexity index is 804. The molecule has 2 aliphatic heterocycles. The largest absolute Gasteiger partial charge is 0.506 e. The van der Waals surface area contributed by atoms with Gasteiger partial charge in [0.15, 0.2) is 0 Å². The fourth-order valence-electron chi connectivity index (χ4n) is 2.98. The number of carbonyl (C=O) groups is 2. The van der Waals surface area contributed by atoms with E-state index in [4.69, 9.17) is 4.74 Å². The maximum atomic E-state index is 12.6. The summed E-state index contributed by atoms with van der Waals surface area (Å²) in [5.41, 5.74) is -1.47. The predicted octanol–water partition coefficient (Wildman–Crippen LogP) is -0.442. The number of amides is 3. The first-order chi connectivity index (χ1) is 12.2. The number of piperidine rings is 1. The highest BCUT2D eigenvalue weighted by Gasteiger charge is 2.46. The van der Waals surface area contributed by atoms with E-state index in [0.29, 0.717) is 18.7 Å². The van der Waals surface area contributed by atoms with Gasteiger partial charge < -0.3 is 15.2 Å². The molecule has 2 aliphatic rings. The zero-order valence-corrected chi connectivity index (χ0v) is 15.0. The summed E-state index contributed by atoms with van der Waals surface area (Å²) < 4.78 is 32.2. The van der Waals surface area contributed by atoms with Gasteiger partial charge >= 0.3 is 6.03 Å². The Hall–Kier alpha value is -2.40. The number of pyridine rings is 1. The average Bonchev–Trinajstić information content (AvgIpc) is 2.81. The van der Waals surface area contributed by atoms with E-state index in [-0.39, 0.29) is 24.9 Å². The van der Waals surface area contributed by atoms with Crippen LogP contribution in [0.4, 0.5) is 4.79 Å². The van der Waals surface area contributed by atoms with Gasteiger partial charge in [0.1, 0.15) is 17.4 Å². The summed E-state index contributed by atoms with van der Waals surface area (Å²) in [5, 5.41) is 13.6. The topological polar surface area (TPSA) is 138 Å². The first-order valence-electron chi connectivity index (χ1n) is 8.11. The standard InChI is InChI=1S/C15H20N4O6S/c1-15(13(21)17-14(22)18-15)9-26(23,24)19-6-4-11(5-7-19)25-12-3-2-10(20)8-16-12/h2-3,8,11,20H,4-7,9H2,1H3,(H2,17,18,21,22)/t15-/m1/s1. The number of aromatic nitrogens is 1. The first kappa shape index (κ1) is 18.4. The molecule has 1 aromatic heterocycles. The molecule has 0 unspecified atom stereocenters. The second-order valence-electron chi connectivity index (χ2n) is 6.57. The number of hydrogen-bond donors (Lipinski definition) is 3. The number of nitrogens with one attached hydrogen (secondary N) is 2. The zero-order chi connectivity index (χ0) is 18.9. The number of urea groups is 1. The van der Waals surface area contributed by atoms with Crippen molar-refractivity contribution >= 4 is 22.0 Å². The predicted molar refractivity (Wildman–Crippen MR) is 90.0 cm³/mol. The lowest BCUT2D eigenvalue weighted by Gasteiger charge is -2.33. The Morgan fingerprint density at radius 2 is 2.04 bits per heavy atom. The molecule has 1 aromatic rings. The van der Waals surface area contributed by atoms with Crippen molar-refractivity contribution in [3.63, 3.8) is 0 Å². The number of carbonyl (C=O) groups excluding carboxylic acids is 2. The summed E-state index contributed by atoms with van der Waals surface area (Å²) in [6, 6.07) is 2.31. The zero-order valence-electron chi connectivity index (χ0n) is 14.1. The summed E-state index contributed by atoms with van der Waals surface area (Å²) in [6.45, 7) is 1.88. The van der Waals surface area contributed by atoms with Crippen LogP contribution in [0.2, 0.25) is 0 Å². The summed E-state index contributed by atoms with van der Waals surface area (Å²) in [4.78, 5) is 27.0. The van der Waals surface area contributed by atoms with Gasteiger partial charge in [-0.3, -0.25) is 10.1 Å². The lowest BCUT2D eigenvalue weighted by Crippen LogP contribution is -2.53. The van der Waals surface area contributed by atoms with Gasteiger partial charge in [-0.1, -0.05) is 0 Å². The quantitative estimate of drug-likeness (QED) is 0.585. The van der Waals surface area contributed by atoms with Crippen molar-refractivity contribution in [2.24, 2.45) is 0 Å². The van der Waals surface area contributed by atoms with Crippen molar-refractivity contribution in [2.75, 3.05) is 18.8 Å². The van der Waals surface area contributed by atoms with Crippen molar-refractivity contribution in [1.29, 1.82) is 0 Å². The van der Waals surface area contributed by atoms with Crippen molar-refractivity contribution in [1.82, 2.24) is 19.9 Å². The van der Waals surface area contributed by atoms with E-state index in [2.05, 4.69) is 15.6 Å². The smallest absolute Gasteiger partial charge is 0.322 e. The van der Waals surface area contributed by atoms with Gasteiger partial charge in [0.05, 0.1) is 11.9 Å². The number of nitrogens with zero attached hydrogens (tertiary/aromatic N) is 2. The Labute approximate surface area is 150 Å². The van der Waals surface area contributed by atoms with Crippen molar-refractivity contribution in [3.05, 3.63) is 18.3 Å². The normalized spacial score (nSPS) is 25.0. The molecule has 0 aliphatic carbocycles. The molecule has 0 aromatic carbocycles. The van der Waals surface area contributed by atoms with Gasteiger partial charge in [-0.15, -0.1) is 0 Å². The molecule has 1 atom stereocenters. The van der Waals surface area contributed by atoms with E-state index < -0.39 is 33.3 Å². The Morgan fingerprint density at radius 1 is 1.35 bits per heavy atom. The van der Waals surface area contributed by atoms with Crippen LogP contribution >= 0.6 is 0 Å². The summed E-state index contributed by atoms with van der Waals surface area (Å²) in [6.07, 6.45) is 2.02. The number of aromatic hydroxyl groups is 1. The molecule has 142 valence electrons. The molecule has 0 radical (unpaired) electrons. The van der Waals surface area contributed by atoms with Crippen LogP contribution in [-0.4, -0.2) is 65.2 Å². The molecule has 3 rings (SSSR count). The fourth-order valence-corrected chi connectivity index (χ4v) is 4.86. The van der Waals surface area contributed by atoms with E-state index in [1.807, 2.05) is 0 Å². The molecule has 0 saturated carbocycles. The van der Waals surface area contributed by atoms with E-state index >= 15 is 0 Å². The molecule has 0 spiro atoms. The van der Waals surface area contributed by atoms with Crippen molar-refractivity contribution in [3.8, 4) is 11.6 Å².